The number of aliphatic hydroxyl groups is 1. The standard InChI is InChI=1S/C35H47FN4O4/c1-23-20-24(2)39(38-23)18-19-43-28-16-10-25(11-17-28)22-37-29-8-7-9-31-35(6,32(29)41)21-30(26-12-14-27(36)15-13-26)40(31)33(42)44-34(3,4)5/h10-17,20,29-32,37,41H,7-9,18-19,21-22H2,1-6H3/t29-,30+,31+,32+,35+/m0/s1. The van der Waals surface area contributed by atoms with Gasteiger partial charge in [0, 0.05) is 29.7 Å². The van der Waals surface area contributed by atoms with E-state index in [-0.39, 0.29) is 23.9 Å². The van der Waals surface area contributed by atoms with Gasteiger partial charge in [-0.05, 0) is 102 Å². The van der Waals surface area contributed by atoms with Crippen LogP contribution in [0.4, 0.5) is 9.18 Å². The number of hydrogen-bond donors (Lipinski definition) is 2. The van der Waals surface area contributed by atoms with Crippen LogP contribution in [0.1, 0.15) is 81.9 Å². The van der Waals surface area contributed by atoms with Gasteiger partial charge in [0.25, 0.3) is 0 Å². The van der Waals surface area contributed by atoms with Crippen LogP contribution in [-0.2, 0) is 17.8 Å². The van der Waals surface area contributed by atoms with Crippen LogP contribution in [0.25, 0.3) is 0 Å². The molecule has 44 heavy (non-hydrogen) atoms. The number of nitrogens with zero attached hydrogens (tertiary/aromatic N) is 3. The summed E-state index contributed by atoms with van der Waals surface area (Å²) in [6.07, 6.45) is 1.88. The Balaban J connectivity index is 1.25. The Morgan fingerprint density at radius 3 is 2.45 bits per heavy atom. The van der Waals surface area contributed by atoms with Crippen LogP contribution in [0.3, 0.4) is 0 Å². The number of carbonyl (C=O) groups is 1. The van der Waals surface area contributed by atoms with Crippen molar-refractivity contribution in [2.45, 2.75) is 110 Å². The predicted molar refractivity (Wildman–Crippen MR) is 168 cm³/mol. The number of aromatic nitrogens is 2. The number of halogens is 1. The number of aryl methyl sites for hydroxylation is 2. The van der Waals surface area contributed by atoms with Crippen LogP contribution in [0.2, 0.25) is 0 Å². The number of benzene rings is 2. The van der Waals surface area contributed by atoms with Crippen molar-refractivity contribution in [3.63, 3.8) is 0 Å². The number of rotatable bonds is 8. The molecule has 9 heteroatoms. The Morgan fingerprint density at radius 1 is 1.11 bits per heavy atom. The van der Waals surface area contributed by atoms with E-state index >= 15 is 0 Å². The van der Waals surface area contributed by atoms with Gasteiger partial charge < -0.3 is 19.9 Å². The molecule has 1 aromatic heterocycles. The quantitative estimate of drug-likeness (QED) is 0.305. The lowest BCUT2D eigenvalue weighted by molar-refractivity contribution is -0.0186. The van der Waals surface area contributed by atoms with Crippen molar-refractivity contribution in [1.82, 2.24) is 20.0 Å². The highest BCUT2D eigenvalue weighted by Gasteiger charge is 2.57. The van der Waals surface area contributed by atoms with Gasteiger partial charge in [-0.1, -0.05) is 31.2 Å². The van der Waals surface area contributed by atoms with Gasteiger partial charge in [0.1, 0.15) is 23.8 Å². The zero-order valence-corrected chi connectivity index (χ0v) is 26.8. The summed E-state index contributed by atoms with van der Waals surface area (Å²) in [4.78, 5) is 15.4. The first-order valence-corrected chi connectivity index (χ1v) is 15.7. The molecule has 2 N–H and O–H groups in total. The molecule has 2 heterocycles. The fourth-order valence-electron chi connectivity index (χ4n) is 6.97. The smallest absolute Gasteiger partial charge is 0.411 e. The topological polar surface area (TPSA) is 88.9 Å². The van der Waals surface area contributed by atoms with Crippen LogP contribution in [0, 0.1) is 25.1 Å². The third kappa shape index (κ3) is 7.10. The van der Waals surface area contributed by atoms with Gasteiger partial charge in [0.05, 0.1) is 24.4 Å². The first-order chi connectivity index (χ1) is 20.8. The summed E-state index contributed by atoms with van der Waals surface area (Å²) < 4.78 is 27.6. The van der Waals surface area contributed by atoms with Crippen LogP contribution in [0.5, 0.6) is 5.75 Å². The third-order valence-electron chi connectivity index (χ3n) is 9.14. The molecule has 5 rings (SSSR count). The fraction of sp³-hybridized carbons (Fsp3) is 0.543. The van der Waals surface area contributed by atoms with Crippen LogP contribution < -0.4 is 10.1 Å². The third-order valence-corrected chi connectivity index (χ3v) is 9.14. The molecule has 0 unspecified atom stereocenters. The maximum absolute atomic E-state index is 13.8. The molecular weight excluding hydrogens is 559 g/mol. The number of nitrogens with one attached hydrogen (secondary N) is 1. The molecule has 0 spiro atoms. The largest absolute Gasteiger partial charge is 0.492 e. The summed E-state index contributed by atoms with van der Waals surface area (Å²) in [6.45, 7) is 13.5. The molecule has 1 saturated heterocycles. The molecule has 2 fully saturated rings. The summed E-state index contributed by atoms with van der Waals surface area (Å²) in [7, 11) is 0. The van der Waals surface area contributed by atoms with Gasteiger partial charge in [-0.25, -0.2) is 9.18 Å². The first-order valence-electron chi connectivity index (χ1n) is 15.7. The van der Waals surface area contributed by atoms with Gasteiger partial charge in [-0.15, -0.1) is 0 Å². The van der Waals surface area contributed by atoms with Crippen molar-refractivity contribution in [2.24, 2.45) is 5.41 Å². The minimum atomic E-state index is -0.692. The second-order valence-electron chi connectivity index (χ2n) is 13.7. The van der Waals surface area contributed by atoms with Crippen molar-refractivity contribution in [2.75, 3.05) is 6.61 Å². The molecule has 2 aromatic carbocycles. The van der Waals surface area contributed by atoms with Gasteiger partial charge in [0.2, 0.25) is 0 Å². The van der Waals surface area contributed by atoms with Crippen molar-refractivity contribution in [1.29, 1.82) is 0 Å². The Labute approximate surface area is 260 Å². The molecule has 238 valence electrons. The van der Waals surface area contributed by atoms with Crippen molar-refractivity contribution >= 4 is 6.09 Å². The normalized spacial score (nSPS) is 25.4. The number of aliphatic hydroxyl groups excluding tert-OH is 1. The van der Waals surface area contributed by atoms with E-state index in [4.69, 9.17) is 9.47 Å². The van der Waals surface area contributed by atoms with E-state index in [0.29, 0.717) is 26.1 Å². The summed E-state index contributed by atoms with van der Waals surface area (Å²) in [5.41, 5.74) is 2.83. The average Bonchev–Trinajstić information content (AvgIpc) is 3.41. The number of amides is 1. The Morgan fingerprint density at radius 2 is 1.82 bits per heavy atom. The maximum Gasteiger partial charge on any atom is 0.411 e. The van der Waals surface area contributed by atoms with E-state index in [2.05, 4.69) is 23.4 Å². The number of likely N-dealkylation sites (tertiary alicyclic amines) is 1. The second kappa shape index (κ2) is 12.9. The Kier molecular flexibility index (Phi) is 9.37. The van der Waals surface area contributed by atoms with E-state index in [0.717, 1.165) is 47.5 Å². The first kappa shape index (κ1) is 32.0. The predicted octanol–water partition coefficient (Wildman–Crippen LogP) is 6.48. The summed E-state index contributed by atoms with van der Waals surface area (Å²) in [5.74, 6) is 0.486. The molecule has 2 aliphatic rings. The zero-order chi connectivity index (χ0) is 31.6. The lowest BCUT2D eigenvalue weighted by Gasteiger charge is -2.39. The minimum absolute atomic E-state index is 0.144. The van der Waals surface area contributed by atoms with Crippen LogP contribution in [-0.4, -0.2) is 56.3 Å². The molecule has 1 saturated carbocycles. The van der Waals surface area contributed by atoms with Crippen molar-refractivity contribution < 1.29 is 23.8 Å². The highest BCUT2D eigenvalue weighted by Crippen LogP contribution is 2.54. The molecule has 5 atom stereocenters. The summed E-state index contributed by atoms with van der Waals surface area (Å²) in [6, 6.07) is 15.8. The highest BCUT2D eigenvalue weighted by molar-refractivity contribution is 5.70. The lowest BCUT2D eigenvalue weighted by Crippen LogP contribution is -2.52. The monoisotopic (exact) mass is 606 g/mol. The molecule has 1 aliphatic heterocycles. The summed E-state index contributed by atoms with van der Waals surface area (Å²) in [5, 5.41) is 20.0. The Bertz CT molecular complexity index is 1420. The fourth-order valence-corrected chi connectivity index (χ4v) is 6.97. The van der Waals surface area contributed by atoms with E-state index in [1.54, 1.807) is 12.1 Å². The minimum Gasteiger partial charge on any atom is -0.492 e. The van der Waals surface area contributed by atoms with Gasteiger partial charge in [-0.2, -0.15) is 5.10 Å². The SMILES string of the molecule is Cc1cc(C)n(CCOc2ccc(CN[C@H]3CCC[C@H]4N(C(=O)OC(C)(C)C)[C@@H](c5ccc(F)cc5)C[C@@]4(C)[C@@H]3O)cc2)n1. The van der Waals surface area contributed by atoms with Gasteiger partial charge >= 0.3 is 6.09 Å². The molecule has 3 aromatic rings. The molecule has 0 radical (unpaired) electrons. The van der Waals surface area contributed by atoms with E-state index in [1.165, 1.54) is 12.1 Å². The lowest BCUT2D eigenvalue weighted by atomic mass is 9.74. The maximum atomic E-state index is 13.8. The Hall–Kier alpha value is -3.43. The van der Waals surface area contributed by atoms with Crippen molar-refractivity contribution in [3.05, 3.63) is 82.9 Å². The molecular formula is C35H47FN4O4. The summed E-state index contributed by atoms with van der Waals surface area (Å²) >= 11 is 0. The van der Waals surface area contributed by atoms with E-state index in [9.17, 15) is 14.3 Å². The number of fused-ring (bicyclic) bond motifs is 1. The molecule has 1 amide bonds. The second-order valence-corrected chi connectivity index (χ2v) is 13.7. The van der Waals surface area contributed by atoms with Crippen LogP contribution in [0.15, 0.2) is 54.6 Å². The van der Waals surface area contributed by atoms with Crippen LogP contribution >= 0.6 is 0 Å². The highest BCUT2D eigenvalue weighted by atomic mass is 19.1. The van der Waals surface area contributed by atoms with Gasteiger partial charge in [-0.3, -0.25) is 9.58 Å². The molecule has 0 bridgehead atoms. The van der Waals surface area contributed by atoms with E-state index in [1.807, 2.05) is 68.5 Å². The zero-order valence-electron chi connectivity index (χ0n) is 26.8. The van der Waals surface area contributed by atoms with Crippen molar-refractivity contribution in [3.8, 4) is 5.75 Å². The number of ether oxygens (including phenoxy) is 2. The number of hydrogen-bond acceptors (Lipinski definition) is 6. The molecule has 8 nitrogen and oxygen atoms in total. The number of carbonyl (C=O) groups excluding carboxylic acids is 1. The molecule has 1 aliphatic carbocycles. The average molecular weight is 607 g/mol. The van der Waals surface area contributed by atoms with Gasteiger partial charge in [0.15, 0.2) is 0 Å². The van der Waals surface area contributed by atoms with E-state index < -0.39 is 23.2 Å².